The Morgan fingerprint density at radius 2 is 1.87 bits per heavy atom. The third kappa shape index (κ3) is 6.87. The minimum atomic E-state index is -2.89. The smallest absolute Gasteiger partial charge is 0.153 e. The number of rotatable bonds is 8. The highest BCUT2D eigenvalue weighted by molar-refractivity contribution is 7.92. The second-order valence-electron chi connectivity index (χ2n) is 4.07. The van der Waals surface area contributed by atoms with Gasteiger partial charge in [0.2, 0.25) is 0 Å². The van der Waals surface area contributed by atoms with E-state index in [4.69, 9.17) is 0 Å². The van der Waals surface area contributed by atoms with Gasteiger partial charge in [0.15, 0.2) is 9.84 Å². The Bertz CT molecular complexity index is 250. The Kier molecular flexibility index (Phi) is 7.13. The fraction of sp³-hybridized carbons (Fsp3) is 1.00. The highest BCUT2D eigenvalue weighted by atomic mass is 32.2. The van der Waals surface area contributed by atoms with Crippen molar-refractivity contribution in [2.75, 3.05) is 39.0 Å². The molecule has 0 bridgehead atoms. The summed E-state index contributed by atoms with van der Waals surface area (Å²) in [5.74, 6) is 0.257. The van der Waals surface area contributed by atoms with Crippen LogP contribution in [0.5, 0.6) is 0 Å². The van der Waals surface area contributed by atoms with Crippen molar-refractivity contribution >= 4 is 9.84 Å². The van der Waals surface area contributed by atoms with Crippen LogP contribution in [0.1, 0.15) is 20.8 Å². The monoisotopic (exact) mass is 236 g/mol. The van der Waals surface area contributed by atoms with Crippen LogP contribution < -0.4 is 5.32 Å². The Hall–Kier alpha value is -0.130. The lowest BCUT2D eigenvalue weighted by atomic mass is 10.5. The number of hydrogen-bond acceptors (Lipinski definition) is 4. The first-order valence-corrected chi connectivity index (χ1v) is 7.22. The molecule has 0 saturated heterocycles. The van der Waals surface area contributed by atoms with E-state index in [1.165, 1.54) is 0 Å². The molecule has 0 rings (SSSR count). The topological polar surface area (TPSA) is 49.4 Å². The van der Waals surface area contributed by atoms with Crippen LogP contribution in [0.15, 0.2) is 0 Å². The molecule has 0 aliphatic rings. The molecular weight excluding hydrogens is 212 g/mol. The third-order valence-electron chi connectivity index (χ3n) is 2.40. The summed E-state index contributed by atoms with van der Waals surface area (Å²) < 4.78 is 23.0. The van der Waals surface area contributed by atoms with Crippen LogP contribution in [0.4, 0.5) is 0 Å². The molecule has 0 aromatic carbocycles. The molecule has 15 heavy (non-hydrogen) atoms. The Balaban J connectivity index is 3.76. The molecule has 0 unspecified atom stereocenters. The average Bonchev–Trinajstić information content (AvgIpc) is 2.15. The van der Waals surface area contributed by atoms with Crippen LogP contribution >= 0.6 is 0 Å². The highest BCUT2D eigenvalue weighted by Gasteiger charge is 2.16. The fourth-order valence-electron chi connectivity index (χ4n) is 1.08. The molecule has 0 radical (unpaired) electrons. The molecule has 1 N–H and O–H groups in total. The molecule has 0 amide bonds. The van der Waals surface area contributed by atoms with E-state index in [-0.39, 0.29) is 11.0 Å². The lowest BCUT2D eigenvalue weighted by Gasteiger charge is -2.17. The maximum Gasteiger partial charge on any atom is 0.153 e. The molecule has 0 fully saturated rings. The zero-order valence-corrected chi connectivity index (χ0v) is 11.1. The largest absolute Gasteiger partial charge is 0.316 e. The number of nitrogens with one attached hydrogen (secondary N) is 1. The molecule has 0 atom stereocenters. The quantitative estimate of drug-likeness (QED) is 0.618. The predicted molar refractivity (Wildman–Crippen MR) is 65.0 cm³/mol. The van der Waals surface area contributed by atoms with Crippen molar-refractivity contribution < 1.29 is 8.42 Å². The molecule has 0 saturated carbocycles. The lowest BCUT2D eigenvalue weighted by Crippen LogP contribution is -2.33. The van der Waals surface area contributed by atoms with E-state index in [1.807, 2.05) is 11.9 Å². The Labute approximate surface area is 94.0 Å². The van der Waals surface area contributed by atoms with Gasteiger partial charge in [0.05, 0.1) is 11.0 Å². The first-order valence-electron chi connectivity index (χ1n) is 5.51. The van der Waals surface area contributed by atoms with E-state index in [9.17, 15) is 8.42 Å². The molecule has 0 aromatic heterocycles. The van der Waals surface area contributed by atoms with Crippen LogP contribution in [-0.4, -0.2) is 57.5 Å². The van der Waals surface area contributed by atoms with E-state index < -0.39 is 9.84 Å². The second-order valence-corrected chi connectivity index (χ2v) is 6.75. The highest BCUT2D eigenvalue weighted by Crippen LogP contribution is 2.00. The van der Waals surface area contributed by atoms with Crippen molar-refractivity contribution in [3.63, 3.8) is 0 Å². The van der Waals surface area contributed by atoms with Crippen molar-refractivity contribution in [3.8, 4) is 0 Å². The van der Waals surface area contributed by atoms with Gasteiger partial charge in [-0.25, -0.2) is 8.42 Å². The summed E-state index contributed by atoms with van der Waals surface area (Å²) in [6, 6.07) is 0. The van der Waals surface area contributed by atoms with E-state index in [2.05, 4.69) is 12.2 Å². The summed E-state index contributed by atoms with van der Waals surface area (Å²) in [5.41, 5.74) is 0. The molecule has 0 aliphatic carbocycles. The van der Waals surface area contributed by atoms with Crippen molar-refractivity contribution in [2.24, 2.45) is 0 Å². The first kappa shape index (κ1) is 14.9. The second kappa shape index (κ2) is 7.19. The number of sulfone groups is 1. The average molecular weight is 236 g/mol. The van der Waals surface area contributed by atoms with Crippen molar-refractivity contribution in [3.05, 3.63) is 0 Å². The minimum absolute atomic E-state index is 0.257. The van der Waals surface area contributed by atoms with Crippen molar-refractivity contribution in [1.82, 2.24) is 10.2 Å². The standard InChI is InChI=1S/C10H24N2O2S/c1-5-11-6-7-12(4)8-9-15(13,14)10(2)3/h10-11H,5-9H2,1-4H3. The molecule has 0 spiro atoms. The molecule has 0 aromatic rings. The molecule has 92 valence electrons. The zero-order valence-electron chi connectivity index (χ0n) is 10.3. The van der Waals surface area contributed by atoms with Crippen molar-refractivity contribution in [1.29, 1.82) is 0 Å². The first-order chi connectivity index (χ1) is 6.90. The maximum absolute atomic E-state index is 11.5. The van der Waals surface area contributed by atoms with Gasteiger partial charge in [0.1, 0.15) is 0 Å². The van der Waals surface area contributed by atoms with Gasteiger partial charge in [0, 0.05) is 19.6 Å². The van der Waals surface area contributed by atoms with Gasteiger partial charge in [0.25, 0.3) is 0 Å². The van der Waals surface area contributed by atoms with Crippen LogP contribution in [-0.2, 0) is 9.84 Å². The molecule has 4 nitrogen and oxygen atoms in total. The van der Waals surface area contributed by atoms with Gasteiger partial charge in [-0.2, -0.15) is 0 Å². The van der Waals surface area contributed by atoms with Gasteiger partial charge >= 0.3 is 0 Å². The van der Waals surface area contributed by atoms with E-state index >= 15 is 0 Å². The van der Waals surface area contributed by atoms with Gasteiger partial charge in [-0.15, -0.1) is 0 Å². The molecule has 0 heterocycles. The van der Waals surface area contributed by atoms with Crippen molar-refractivity contribution in [2.45, 2.75) is 26.0 Å². The van der Waals surface area contributed by atoms with Crippen LogP contribution in [0.3, 0.4) is 0 Å². The summed E-state index contributed by atoms with van der Waals surface area (Å²) in [6.45, 7) is 8.89. The van der Waals surface area contributed by atoms with E-state index in [1.54, 1.807) is 13.8 Å². The zero-order chi connectivity index (χ0) is 11.9. The fourth-order valence-corrected chi connectivity index (χ4v) is 2.11. The summed E-state index contributed by atoms with van der Waals surface area (Å²) in [7, 11) is -0.934. The molecule has 5 heteroatoms. The van der Waals surface area contributed by atoms with Gasteiger partial charge in [-0.3, -0.25) is 0 Å². The van der Waals surface area contributed by atoms with Crippen LogP contribution in [0, 0.1) is 0 Å². The number of likely N-dealkylation sites (N-methyl/N-ethyl adjacent to an activating group) is 2. The van der Waals surface area contributed by atoms with Gasteiger partial charge in [-0.05, 0) is 27.4 Å². The third-order valence-corrected chi connectivity index (χ3v) is 4.58. The summed E-state index contributed by atoms with van der Waals surface area (Å²) in [6.07, 6.45) is 0. The van der Waals surface area contributed by atoms with E-state index in [0.717, 1.165) is 19.6 Å². The SMILES string of the molecule is CCNCCN(C)CCS(=O)(=O)C(C)C. The van der Waals surface area contributed by atoms with E-state index in [0.29, 0.717) is 6.54 Å². The number of nitrogens with zero attached hydrogens (tertiary/aromatic N) is 1. The summed E-state index contributed by atoms with van der Waals surface area (Å²) in [5, 5.41) is 2.94. The molecular formula is C10H24N2O2S. The van der Waals surface area contributed by atoms with Crippen LogP contribution in [0.2, 0.25) is 0 Å². The maximum atomic E-state index is 11.5. The Morgan fingerprint density at radius 1 is 1.27 bits per heavy atom. The minimum Gasteiger partial charge on any atom is -0.316 e. The Morgan fingerprint density at radius 3 is 2.33 bits per heavy atom. The summed E-state index contributed by atoms with van der Waals surface area (Å²) in [4.78, 5) is 2.04. The predicted octanol–water partition coefficient (Wildman–Crippen LogP) is 0.351. The lowest BCUT2D eigenvalue weighted by molar-refractivity contribution is 0.350. The normalized spacial score (nSPS) is 12.7. The number of hydrogen-bond donors (Lipinski definition) is 1. The van der Waals surface area contributed by atoms with Gasteiger partial charge in [-0.1, -0.05) is 6.92 Å². The van der Waals surface area contributed by atoms with Crippen LogP contribution in [0.25, 0.3) is 0 Å². The van der Waals surface area contributed by atoms with Gasteiger partial charge < -0.3 is 10.2 Å². The molecule has 0 aliphatic heterocycles. The summed E-state index contributed by atoms with van der Waals surface area (Å²) >= 11 is 0.